The first-order chi connectivity index (χ1) is 11.2. The molecule has 1 unspecified atom stereocenters. The number of anilines is 1. The molecule has 0 bridgehead atoms. The molecule has 0 aromatic heterocycles. The van der Waals surface area contributed by atoms with Crippen molar-refractivity contribution in [1.29, 1.82) is 0 Å². The van der Waals surface area contributed by atoms with Crippen molar-refractivity contribution in [3.05, 3.63) is 64.1 Å². The van der Waals surface area contributed by atoms with E-state index < -0.39 is 0 Å². The monoisotopic (exact) mass is 348 g/mol. The van der Waals surface area contributed by atoms with Gasteiger partial charge in [-0.3, -0.25) is 9.69 Å². The zero-order chi connectivity index (χ0) is 16.2. The Balaban J connectivity index is 1.87. The number of carbonyl (C=O) groups is 1. The van der Waals surface area contributed by atoms with Crippen LogP contribution in [0.4, 0.5) is 5.69 Å². The van der Waals surface area contributed by atoms with Crippen LogP contribution in [0.1, 0.15) is 24.4 Å². The summed E-state index contributed by atoms with van der Waals surface area (Å²) in [6.07, 6.45) is 2.24. The molecular formula is C18H18Cl2N2O. The van der Waals surface area contributed by atoms with Crippen molar-refractivity contribution in [1.82, 2.24) is 4.90 Å². The lowest BCUT2D eigenvalue weighted by atomic mass is 10.0. The van der Waals surface area contributed by atoms with Gasteiger partial charge in [0.15, 0.2) is 0 Å². The Kier molecular flexibility index (Phi) is 5.21. The van der Waals surface area contributed by atoms with E-state index in [1.54, 1.807) is 18.2 Å². The number of nitrogens with one attached hydrogen (secondary N) is 1. The molecule has 5 heteroatoms. The van der Waals surface area contributed by atoms with Gasteiger partial charge in [-0.1, -0.05) is 59.6 Å². The molecule has 3 nitrogen and oxygen atoms in total. The van der Waals surface area contributed by atoms with Crippen LogP contribution in [0, 0.1) is 0 Å². The third kappa shape index (κ3) is 3.69. The summed E-state index contributed by atoms with van der Waals surface area (Å²) < 4.78 is 0. The van der Waals surface area contributed by atoms with E-state index in [4.69, 9.17) is 23.2 Å². The fourth-order valence-corrected chi connectivity index (χ4v) is 3.31. The van der Waals surface area contributed by atoms with Gasteiger partial charge in [-0.05, 0) is 43.6 Å². The normalized spacial score (nSPS) is 16.3. The van der Waals surface area contributed by atoms with Crippen molar-refractivity contribution >= 4 is 34.8 Å². The first-order valence-electron chi connectivity index (χ1n) is 7.70. The summed E-state index contributed by atoms with van der Waals surface area (Å²) in [6.45, 7) is 1.85. The molecule has 2 aromatic rings. The molecule has 0 aliphatic carbocycles. The molecule has 120 valence electrons. The average molecular weight is 349 g/mol. The summed E-state index contributed by atoms with van der Waals surface area (Å²) >= 11 is 12.2. The van der Waals surface area contributed by atoms with Gasteiger partial charge in [0, 0.05) is 0 Å². The van der Waals surface area contributed by atoms with Crippen molar-refractivity contribution in [2.45, 2.75) is 18.9 Å². The van der Waals surface area contributed by atoms with Gasteiger partial charge >= 0.3 is 0 Å². The van der Waals surface area contributed by atoms with E-state index in [-0.39, 0.29) is 11.9 Å². The minimum Gasteiger partial charge on any atom is -0.323 e. The minimum atomic E-state index is -0.311. The molecule has 3 rings (SSSR count). The van der Waals surface area contributed by atoms with Gasteiger partial charge in [0.25, 0.3) is 0 Å². The van der Waals surface area contributed by atoms with Crippen molar-refractivity contribution in [3.63, 3.8) is 0 Å². The zero-order valence-electron chi connectivity index (χ0n) is 12.6. The Labute approximate surface area is 146 Å². The SMILES string of the molecule is O=C(Nc1cccc(Cl)c1Cl)C(c1ccccc1)N1CCCC1. The second-order valence-corrected chi connectivity index (χ2v) is 6.43. The molecule has 0 saturated carbocycles. The Morgan fingerprint density at radius 3 is 2.39 bits per heavy atom. The predicted octanol–water partition coefficient (Wildman–Crippen LogP) is 4.77. The highest BCUT2D eigenvalue weighted by molar-refractivity contribution is 6.44. The van der Waals surface area contributed by atoms with Crippen LogP contribution < -0.4 is 5.32 Å². The standard InChI is InChI=1S/C18H18Cl2N2O/c19-14-9-6-10-15(16(14)20)21-18(23)17(22-11-4-5-12-22)13-7-2-1-3-8-13/h1-3,6-10,17H,4-5,11-12H2,(H,21,23). The number of carbonyl (C=O) groups excluding carboxylic acids is 1. The zero-order valence-corrected chi connectivity index (χ0v) is 14.1. The second kappa shape index (κ2) is 7.35. The van der Waals surface area contributed by atoms with Crippen LogP contribution in [0.15, 0.2) is 48.5 Å². The quantitative estimate of drug-likeness (QED) is 0.862. The van der Waals surface area contributed by atoms with E-state index in [1.807, 2.05) is 30.3 Å². The maximum atomic E-state index is 12.9. The van der Waals surface area contributed by atoms with Crippen LogP contribution in [0.2, 0.25) is 10.0 Å². The fraction of sp³-hybridized carbons (Fsp3) is 0.278. The highest BCUT2D eigenvalue weighted by Crippen LogP contribution is 2.32. The van der Waals surface area contributed by atoms with Crippen LogP contribution in [0.5, 0.6) is 0 Å². The van der Waals surface area contributed by atoms with E-state index in [0.29, 0.717) is 15.7 Å². The third-order valence-electron chi connectivity index (χ3n) is 4.08. The van der Waals surface area contributed by atoms with Gasteiger partial charge < -0.3 is 5.32 Å². The van der Waals surface area contributed by atoms with Crippen LogP contribution in [0.25, 0.3) is 0 Å². The van der Waals surface area contributed by atoms with E-state index in [9.17, 15) is 4.79 Å². The average Bonchev–Trinajstić information content (AvgIpc) is 3.07. The minimum absolute atomic E-state index is 0.0812. The van der Waals surface area contributed by atoms with Gasteiger partial charge in [-0.25, -0.2) is 0 Å². The Morgan fingerprint density at radius 1 is 1.00 bits per heavy atom. The number of amides is 1. The lowest BCUT2D eigenvalue weighted by molar-refractivity contribution is -0.121. The van der Waals surface area contributed by atoms with Crippen molar-refractivity contribution in [2.75, 3.05) is 18.4 Å². The first-order valence-corrected chi connectivity index (χ1v) is 8.46. The Morgan fingerprint density at radius 2 is 1.70 bits per heavy atom. The highest BCUT2D eigenvalue weighted by atomic mass is 35.5. The summed E-state index contributed by atoms with van der Waals surface area (Å²) in [5.74, 6) is -0.0812. The molecular weight excluding hydrogens is 331 g/mol. The lowest BCUT2D eigenvalue weighted by Gasteiger charge is -2.27. The summed E-state index contributed by atoms with van der Waals surface area (Å²) in [7, 11) is 0. The molecule has 2 aromatic carbocycles. The number of nitrogens with zero attached hydrogens (tertiary/aromatic N) is 1. The maximum Gasteiger partial charge on any atom is 0.246 e. The molecule has 1 heterocycles. The molecule has 1 fully saturated rings. The fourth-order valence-electron chi connectivity index (χ4n) is 2.96. The van der Waals surface area contributed by atoms with Crippen LogP contribution in [-0.4, -0.2) is 23.9 Å². The van der Waals surface area contributed by atoms with Gasteiger partial charge in [-0.15, -0.1) is 0 Å². The van der Waals surface area contributed by atoms with Crippen LogP contribution in [0.3, 0.4) is 0 Å². The van der Waals surface area contributed by atoms with Crippen LogP contribution in [-0.2, 0) is 4.79 Å². The highest BCUT2D eigenvalue weighted by Gasteiger charge is 2.30. The number of benzene rings is 2. The molecule has 23 heavy (non-hydrogen) atoms. The van der Waals surface area contributed by atoms with E-state index in [0.717, 1.165) is 31.5 Å². The number of rotatable bonds is 4. The van der Waals surface area contributed by atoms with Crippen molar-refractivity contribution in [2.24, 2.45) is 0 Å². The van der Waals surface area contributed by atoms with E-state index >= 15 is 0 Å². The van der Waals surface area contributed by atoms with Crippen molar-refractivity contribution in [3.8, 4) is 0 Å². The maximum absolute atomic E-state index is 12.9. The predicted molar refractivity (Wildman–Crippen MR) is 95.1 cm³/mol. The third-order valence-corrected chi connectivity index (χ3v) is 4.90. The topological polar surface area (TPSA) is 32.3 Å². The van der Waals surface area contributed by atoms with Gasteiger partial charge in [0.05, 0.1) is 15.7 Å². The molecule has 0 radical (unpaired) electrons. The van der Waals surface area contributed by atoms with E-state index in [2.05, 4.69) is 10.2 Å². The Bertz CT molecular complexity index is 685. The van der Waals surface area contributed by atoms with E-state index in [1.165, 1.54) is 0 Å². The largest absolute Gasteiger partial charge is 0.323 e. The van der Waals surface area contributed by atoms with Gasteiger partial charge in [-0.2, -0.15) is 0 Å². The second-order valence-electron chi connectivity index (χ2n) is 5.65. The Hall–Kier alpha value is -1.55. The molecule has 1 aliphatic rings. The summed E-state index contributed by atoms with van der Waals surface area (Å²) in [6, 6.07) is 14.8. The van der Waals surface area contributed by atoms with Gasteiger partial charge in [0.2, 0.25) is 5.91 Å². The molecule has 1 aliphatic heterocycles. The molecule has 1 saturated heterocycles. The molecule has 0 spiro atoms. The summed E-state index contributed by atoms with van der Waals surface area (Å²) in [5, 5.41) is 3.73. The van der Waals surface area contributed by atoms with Crippen LogP contribution >= 0.6 is 23.2 Å². The number of likely N-dealkylation sites (tertiary alicyclic amines) is 1. The first kappa shape index (κ1) is 16.3. The summed E-state index contributed by atoms with van der Waals surface area (Å²) in [5.41, 5.74) is 1.54. The summed E-state index contributed by atoms with van der Waals surface area (Å²) in [4.78, 5) is 15.1. The number of hydrogen-bond donors (Lipinski definition) is 1. The number of halogens is 2. The lowest BCUT2D eigenvalue weighted by Crippen LogP contribution is -2.35. The van der Waals surface area contributed by atoms with Gasteiger partial charge in [0.1, 0.15) is 6.04 Å². The van der Waals surface area contributed by atoms with Crippen molar-refractivity contribution < 1.29 is 4.79 Å². The number of hydrogen-bond acceptors (Lipinski definition) is 2. The molecule has 1 amide bonds. The molecule has 1 atom stereocenters. The molecule has 1 N–H and O–H groups in total. The smallest absolute Gasteiger partial charge is 0.246 e.